The highest BCUT2D eigenvalue weighted by Crippen LogP contribution is 2.40. The average Bonchev–Trinajstić information content (AvgIpc) is 3.30. The molecule has 0 radical (unpaired) electrons. The second-order valence-corrected chi connectivity index (χ2v) is 16.7. The molecule has 0 atom stereocenters. The minimum atomic E-state index is 0.238. The second-order valence-electron chi connectivity index (χ2n) is 15.9. The summed E-state index contributed by atoms with van der Waals surface area (Å²) in [4.78, 5) is 9.29. The fourth-order valence-corrected chi connectivity index (χ4v) is 7.52. The van der Waals surface area contributed by atoms with Gasteiger partial charge in [-0.2, -0.15) is 10.5 Å². The zero-order chi connectivity index (χ0) is 45.2. The smallest absolute Gasteiger partial charge is 0.230 e. The molecule has 0 saturated carbocycles. The van der Waals surface area contributed by atoms with Gasteiger partial charge in [0.1, 0.15) is 43.4 Å². The minimum absolute atomic E-state index is 0.238. The van der Waals surface area contributed by atoms with Gasteiger partial charge in [-0.15, -0.1) is 0 Å². The van der Waals surface area contributed by atoms with Crippen LogP contribution in [0.5, 0.6) is 28.9 Å². The number of aromatic nitrogens is 2. The molecule has 10 nitrogen and oxygen atoms in total. The van der Waals surface area contributed by atoms with Gasteiger partial charge >= 0.3 is 0 Å². The predicted octanol–water partition coefficient (Wildman–Crippen LogP) is 12.2. The first-order chi connectivity index (χ1) is 31.0. The van der Waals surface area contributed by atoms with E-state index in [4.69, 9.17) is 47.1 Å². The van der Waals surface area contributed by atoms with Crippen LogP contribution in [-0.2, 0) is 32.9 Å². The molecule has 324 valence electrons. The average molecular weight is 892 g/mol. The maximum absolute atomic E-state index is 9.40. The van der Waals surface area contributed by atoms with Gasteiger partial charge in [-0.3, -0.25) is 0 Å². The van der Waals surface area contributed by atoms with Crippen molar-refractivity contribution in [2.45, 2.75) is 79.6 Å². The van der Waals surface area contributed by atoms with Gasteiger partial charge in [0.2, 0.25) is 5.88 Å². The Kier molecular flexibility index (Phi) is 15.0. The first-order valence-corrected chi connectivity index (χ1v) is 21.7. The second kappa shape index (κ2) is 21.1. The summed E-state index contributed by atoms with van der Waals surface area (Å²) in [6.07, 6.45) is 1.49. The van der Waals surface area contributed by atoms with Crippen molar-refractivity contribution in [1.82, 2.24) is 20.6 Å². The topological polar surface area (TPSA) is 134 Å². The number of nitriles is 2. The van der Waals surface area contributed by atoms with Crippen LogP contribution < -0.4 is 29.6 Å². The number of halogens is 2. The number of hydrogen-bond acceptors (Lipinski definition) is 10. The molecule has 1 aromatic heterocycles. The fourth-order valence-electron chi connectivity index (χ4n) is 7.05. The van der Waals surface area contributed by atoms with Crippen molar-refractivity contribution in [1.29, 1.82) is 10.5 Å². The Bertz CT molecular complexity index is 2870. The van der Waals surface area contributed by atoms with Gasteiger partial charge in [0.25, 0.3) is 0 Å². The molecule has 0 fully saturated rings. The third-order valence-corrected chi connectivity index (χ3v) is 11.1. The molecule has 6 aromatic carbocycles. The van der Waals surface area contributed by atoms with Crippen LogP contribution in [0.3, 0.4) is 0 Å². The molecular weight excluding hydrogens is 844 g/mol. The van der Waals surface area contributed by atoms with Gasteiger partial charge in [0.05, 0.1) is 44.2 Å². The molecule has 12 heteroatoms. The van der Waals surface area contributed by atoms with Crippen LogP contribution in [0.15, 0.2) is 116 Å². The number of rotatable bonds is 18. The maximum atomic E-state index is 9.40. The molecular formula is C52H48Cl2N6O4. The monoisotopic (exact) mass is 890 g/mol. The first-order valence-electron chi connectivity index (χ1n) is 21.0. The third kappa shape index (κ3) is 11.3. The summed E-state index contributed by atoms with van der Waals surface area (Å²) in [5, 5.41) is 27.2. The summed E-state index contributed by atoms with van der Waals surface area (Å²) < 4.78 is 25.6. The van der Waals surface area contributed by atoms with Crippen molar-refractivity contribution >= 4 is 34.1 Å². The largest absolute Gasteiger partial charge is 0.488 e. The molecule has 0 amide bonds. The lowest BCUT2D eigenvalue weighted by molar-refractivity contribution is 0.287. The fraction of sp³-hybridized carbons (Fsp3) is 0.231. The number of nitrogens with one attached hydrogen (secondary N) is 2. The van der Waals surface area contributed by atoms with Crippen molar-refractivity contribution < 1.29 is 18.9 Å². The van der Waals surface area contributed by atoms with E-state index in [9.17, 15) is 10.5 Å². The molecule has 0 aliphatic rings. The third-order valence-electron chi connectivity index (χ3n) is 10.5. The number of hydrogen-bond donors (Lipinski definition) is 2. The molecule has 0 aliphatic carbocycles. The molecule has 64 heavy (non-hydrogen) atoms. The van der Waals surface area contributed by atoms with Crippen molar-refractivity contribution in [3.05, 3.63) is 170 Å². The molecule has 0 saturated heterocycles. The predicted molar refractivity (Wildman–Crippen MR) is 252 cm³/mol. The highest BCUT2D eigenvalue weighted by molar-refractivity contribution is 6.32. The zero-order valence-corrected chi connectivity index (χ0v) is 37.8. The first kappa shape index (κ1) is 45.4. The van der Waals surface area contributed by atoms with Crippen molar-refractivity contribution in [3.8, 4) is 52.1 Å². The number of ether oxygens (including phenoxy) is 4. The van der Waals surface area contributed by atoms with Gasteiger partial charge in [0, 0.05) is 54.0 Å². The zero-order valence-electron chi connectivity index (χ0n) is 36.3. The van der Waals surface area contributed by atoms with Crippen molar-refractivity contribution in [2.24, 2.45) is 0 Å². The molecule has 0 aliphatic heterocycles. The highest BCUT2D eigenvalue weighted by Gasteiger charge is 2.19. The van der Waals surface area contributed by atoms with Gasteiger partial charge in [-0.1, -0.05) is 105 Å². The van der Waals surface area contributed by atoms with Gasteiger partial charge in [-0.05, 0) is 77.2 Å². The summed E-state index contributed by atoms with van der Waals surface area (Å²) >= 11 is 13.7. The van der Waals surface area contributed by atoms with Crippen molar-refractivity contribution in [3.63, 3.8) is 0 Å². The normalized spacial score (nSPS) is 11.1. The Morgan fingerprint density at radius 1 is 0.578 bits per heavy atom. The standard InChI is InChI=1S/C52H48Cl2N6O4/c1-32(2)57-26-40-20-45(53)49(22-47(40)61-28-37-12-6-10-35(18-37)24-55)63-30-39-14-8-15-42(34(39)5)43-16-9-17-44-51(43)59-31-60-52(44)64-50-23-48(41(21-46(50)54)27-58-33(3)4)62-29-38-13-7-11-36(19-38)25-56/h6-23,31-33,57-58H,26-30H2,1-5H3. The lowest BCUT2D eigenvalue weighted by Gasteiger charge is -2.18. The Hall–Kier alpha value is -6.66. The highest BCUT2D eigenvalue weighted by atomic mass is 35.5. The van der Waals surface area contributed by atoms with E-state index < -0.39 is 0 Å². The Labute approximate surface area is 384 Å². The van der Waals surface area contributed by atoms with Crippen molar-refractivity contribution in [2.75, 3.05) is 0 Å². The lowest BCUT2D eigenvalue weighted by Crippen LogP contribution is -2.22. The molecule has 0 bridgehead atoms. The summed E-state index contributed by atoms with van der Waals surface area (Å²) in [6.45, 7) is 12.2. The van der Waals surface area contributed by atoms with Crippen LogP contribution in [0.4, 0.5) is 0 Å². The molecule has 2 N–H and O–H groups in total. The van der Waals surface area contributed by atoms with E-state index in [1.165, 1.54) is 6.33 Å². The van der Waals surface area contributed by atoms with Crippen LogP contribution in [0, 0.1) is 29.6 Å². The van der Waals surface area contributed by atoms with Crippen LogP contribution in [0.1, 0.15) is 72.2 Å². The van der Waals surface area contributed by atoms with E-state index in [1.807, 2.05) is 84.9 Å². The maximum Gasteiger partial charge on any atom is 0.230 e. The molecule has 1 heterocycles. The molecule has 7 aromatic rings. The number of fused-ring (bicyclic) bond motifs is 1. The summed E-state index contributed by atoms with van der Waals surface area (Å²) in [5.41, 5.74) is 9.18. The quantitative estimate of drug-likeness (QED) is 0.0857. The van der Waals surface area contributed by atoms with Crippen LogP contribution in [0.25, 0.3) is 22.0 Å². The van der Waals surface area contributed by atoms with E-state index >= 15 is 0 Å². The van der Waals surface area contributed by atoms with Gasteiger partial charge < -0.3 is 29.6 Å². The summed E-state index contributed by atoms with van der Waals surface area (Å²) in [7, 11) is 0. The minimum Gasteiger partial charge on any atom is -0.488 e. The van der Waals surface area contributed by atoms with E-state index in [2.05, 4.69) is 68.4 Å². The SMILES string of the molecule is Cc1c(COc2cc(OCc3cccc(C#N)c3)c(CNC(C)C)cc2Cl)cccc1-c1cccc2c(Oc3cc(OCc4cccc(C#N)c4)c(CNC(C)C)cc3Cl)ncnc12. The van der Waals surface area contributed by atoms with Crippen LogP contribution in [0.2, 0.25) is 10.0 Å². The Morgan fingerprint density at radius 3 is 1.70 bits per heavy atom. The molecule has 0 spiro atoms. The molecule has 7 rings (SSSR count). The van der Waals surface area contributed by atoms with Crippen LogP contribution in [-0.4, -0.2) is 22.1 Å². The van der Waals surface area contributed by atoms with E-state index in [0.717, 1.165) is 44.5 Å². The number of nitrogens with zero attached hydrogens (tertiary/aromatic N) is 4. The van der Waals surface area contributed by atoms with E-state index in [-0.39, 0.29) is 31.9 Å². The number of para-hydroxylation sites is 1. The summed E-state index contributed by atoms with van der Waals surface area (Å²) in [6, 6.07) is 38.9. The Morgan fingerprint density at radius 2 is 1.11 bits per heavy atom. The van der Waals surface area contributed by atoms with E-state index in [1.54, 1.807) is 18.2 Å². The Balaban J connectivity index is 1.14. The molecule has 0 unspecified atom stereocenters. The van der Waals surface area contributed by atoms with Gasteiger partial charge in [0.15, 0.2) is 5.75 Å². The van der Waals surface area contributed by atoms with Gasteiger partial charge in [-0.25, -0.2) is 9.97 Å². The summed E-state index contributed by atoms with van der Waals surface area (Å²) in [5.74, 6) is 2.44. The van der Waals surface area contributed by atoms with Crippen LogP contribution >= 0.6 is 23.2 Å². The number of benzene rings is 6. The van der Waals surface area contributed by atoms with E-state index in [0.29, 0.717) is 74.0 Å². The lowest BCUT2D eigenvalue weighted by atomic mass is 9.95.